The minimum absolute atomic E-state index is 0.0345. The summed E-state index contributed by atoms with van der Waals surface area (Å²) in [6, 6.07) is 19.9. The van der Waals surface area contributed by atoms with Crippen molar-refractivity contribution in [1.82, 2.24) is 0 Å². The molecule has 0 bridgehead atoms. The number of rotatable bonds is 4. The third kappa shape index (κ3) is 2.93. The number of aromatic hydroxyl groups is 1. The van der Waals surface area contributed by atoms with E-state index in [1.807, 2.05) is 30.3 Å². The molecule has 21 heavy (non-hydrogen) atoms. The highest BCUT2D eigenvalue weighted by atomic mass is 32.1. The van der Waals surface area contributed by atoms with Crippen molar-refractivity contribution in [2.45, 2.75) is 13.0 Å². The van der Waals surface area contributed by atoms with Gasteiger partial charge in [-0.05, 0) is 30.5 Å². The van der Waals surface area contributed by atoms with Crippen LogP contribution in [0.1, 0.15) is 18.5 Å². The summed E-state index contributed by atoms with van der Waals surface area (Å²) in [5.74, 6) is 0.325. The molecule has 0 fully saturated rings. The van der Waals surface area contributed by atoms with Crippen LogP contribution in [0.25, 0.3) is 10.4 Å². The topological polar surface area (TPSA) is 32.3 Å². The molecule has 106 valence electrons. The van der Waals surface area contributed by atoms with Crippen LogP contribution in [0.15, 0.2) is 66.0 Å². The van der Waals surface area contributed by atoms with Crippen LogP contribution >= 0.6 is 11.3 Å². The lowest BCUT2D eigenvalue weighted by Crippen LogP contribution is -2.07. The van der Waals surface area contributed by atoms with Gasteiger partial charge in [-0.25, -0.2) is 0 Å². The molecule has 3 aromatic rings. The molecule has 0 aliphatic rings. The summed E-state index contributed by atoms with van der Waals surface area (Å²) < 4.78 is 0. The third-order valence-corrected chi connectivity index (χ3v) is 4.39. The number of anilines is 1. The van der Waals surface area contributed by atoms with E-state index in [-0.39, 0.29) is 6.04 Å². The first kappa shape index (κ1) is 13.7. The Morgan fingerprint density at radius 1 is 0.952 bits per heavy atom. The molecule has 2 aromatic carbocycles. The van der Waals surface area contributed by atoms with E-state index in [1.54, 1.807) is 17.4 Å². The molecule has 0 aliphatic heterocycles. The highest BCUT2D eigenvalue weighted by molar-refractivity contribution is 7.13. The summed E-state index contributed by atoms with van der Waals surface area (Å²) in [4.78, 5) is 1.24. The third-order valence-electron chi connectivity index (χ3n) is 3.49. The molecule has 0 saturated carbocycles. The van der Waals surface area contributed by atoms with Crippen LogP contribution in [0.3, 0.4) is 0 Å². The van der Waals surface area contributed by atoms with E-state index >= 15 is 0 Å². The largest absolute Gasteiger partial charge is 0.508 e. The number of benzene rings is 2. The van der Waals surface area contributed by atoms with Gasteiger partial charge in [0.1, 0.15) is 5.75 Å². The van der Waals surface area contributed by atoms with E-state index in [9.17, 15) is 5.11 Å². The summed E-state index contributed by atoms with van der Waals surface area (Å²) in [7, 11) is 0. The summed E-state index contributed by atoms with van der Waals surface area (Å²) in [6.07, 6.45) is 0. The smallest absolute Gasteiger partial charge is 0.120 e. The molecule has 0 amide bonds. The first-order chi connectivity index (χ1) is 10.3. The van der Waals surface area contributed by atoms with Crippen LogP contribution in [-0.4, -0.2) is 5.11 Å². The van der Waals surface area contributed by atoms with Gasteiger partial charge in [0.05, 0.1) is 6.04 Å². The lowest BCUT2D eigenvalue weighted by molar-refractivity contribution is 0.465. The fraction of sp³-hybridized carbons (Fsp3) is 0.111. The summed E-state index contributed by atoms with van der Waals surface area (Å²) in [5, 5.41) is 15.6. The van der Waals surface area contributed by atoms with Crippen LogP contribution < -0.4 is 5.32 Å². The highest BCUT2D eigenvalue weighted by Crippen LogP contribution is 2.34. The predicted octanol–water partition coefficient (Wildman–Crippen LogP) is 5.29. The molecule has 1 aromatic heterocycles. The Morgan fingerprint density at radius 2 is 1.71 bits per heavy atom. The maximum atomic E-state index is 9.97. The summed E-state index contributed by atoms with van der Waals surface area (Å²) in [5.41, 5.74) is 3.17. The number of thiophene rings is 1. The predicted molar refractivity (Wildman–Crippen MR) is 89.9 cm³/mol. The van der Waals surface area contributed by atoms with Gasteiger partial charge in [-0.3, -0.25) is 0 Å². The maximum Gasteiger partial charge on any atom is 0.120 e. The van der Waals surface area contributed by atoms with Crippen molar-refractivity contribution in [2.75, 3.05) is 5.32 Å². The second-order valence-corrected chi connectivity index (χ2v) is 5.90. The molecule has 2 nitrogen and oxygen atoms in total. The van der Waals surface area contributed by atoms with Crippen molar-refractivity contribution in [3.8, 4) is 16.2 Å². The zero-order valence-electron chi connectivity index (χ0n) is 11.8. The highest BCUT2D eigenvalue weighted by Gasteiger charge is 2.12. The van der Waals surface area contributed by atoms with Crippen molar-refractivity contribution in [1.29, 1.82) is 0 Å². The fourth-order valence-electron chi connectivity index (χ4n) is 2.42. The number of phenolic OH excluding ortho intramolecular Hbond substituents is 1. The Labute approximate surface area is 128 Å². The van der Waals surface area contributed by atoms with Crippen LogP contribution in [-0.2, 0) is 0 Å². The zero-order valence-corrected chi connectivity index (χ0v) is 12.6. The van der Waals surface area contributed by atoms with E-state index in [4.69, 9.17) is 0 Å². The van der Waals surface area contributed by atoms with Gasteiger partial charge >= 0.3 is 0 Å². The van der Waals surface area contributed by atoms with Gasteiger partial charge in [-0.2, -0.15) is 0 Å². The zero-order chi connectivity index (χ0) is 14.7. The molecular formula is C18H17NOS. The van der Waals surface area contributed by atoms with Crippen LogP contribution in [0.5, 0.6) is 5.75 Å². The molecule has 3 rings (SSSR count). The van der Waals surface area contributed by atoms with Gasteiger partial charge in [0.25, 0.3) is 0 Å². The summed E-state index contributed by atoms with van der Waals surface area (Å²) >= 11 is 1.73. The van der Waals surface area contributed by atoms with E-state index in [2.05, 4.69) is 41.9 Å². The molecule has 1 heterocycles. The molecule has 0 saturated heterocycles. The lowest BCUT2D eigenvalue weighted by Gasteiger charge is -2.19. The Bertz CT molecular complexity index is 722. The van der Waals surface area contributed by atoms with Crippen molar-refractivity contribution < 1.29 is 5.11 Å². The Morgan fingerprint density at radius 3 is 2.48 bits per heavy atom. The number of para-hydroxylation sites is 2. The standard InChI is InChI=1S/C18H17NOS/c1-13(14-7-3-5-10-17(14)20)19-16-9-4-2-8-15(16)18-11-6-12-21-18/h2-13,19-20H,1H3. The Kier molecular flexibility index (Phi) is 3.93. The molecule has 0 radical (unpaired) electrons. The minimum Gasteiger partial charge on any atom is -0.508 e. The van der Waals surface area contributed by atoms with E-state index in [1.165, 1.54) is 10.4 Å². The van der Waals surface area contributed by atoms with Crippen molar-refractivity contribution in [2.24, 2.45) is 0 Å². The molecular weight excluding hydrogens is 278 g/mol. The second kappa shape index (κ2) is 6.02. The Hall–Kier alpha value is -2.26. The molecule has 0 aliphatic carbocycles. The van der Waals surface area contributed by atoms with E-state index in [0.717, 1.165) is 11.3 Å². The van der Waals surface area contributed by atoms with Crippen molar-refractivity contribution in [3.05, 3.63) is 71.6 Å². The monoisotopic (exact) mass is 295 g/mol. The number of phenols is 1. The average molecular weight is 295 g/mol. The summed E-state index contributed by atoms with van der Waals surface area (Å²) in [6.45, 7) is 2.06. The van der Waals surface area contributed by atoms with Crippen LogP contribution in [0.2, 0.25) is 0 Å². The van der Waals surface area contributed by atoms with E-state index in [0.29, 0.717) is 5.75 Å². The molecule has 0 spiro atoms. The van der Waals surface area contributed by atoms with Gasteiger partial charge in [0, 0.05) is 21.7 Å². The molecule has 1 unspecified atom stereocenters. The van der Waals surface area contributed by atoms with Gasteiger partial charge in [-0.1, -0.05) is 42.5 Å². The van der Waals surface area contributed by atoms with Crippen LogP contribution in [0.4, 0.5) is 5.69 Å². The van der Waals surface area contributed by atoms with Gasteiger partial charge in [0.2, 0.25) is 0 Å². The average Bonchev–Trinajstić information content (AvgIpc) is 3.02. The minimum atomic E-state index is 0.0345. The first-order valence-electron chi connectivity index (χ1n) is 6.93. The van der Waals surface area contributed by atoms with Gasteiger partial charge < -0.3 is 10.4 Å². The normalized spacial score (nSPS) is 12.0. The molecule has 3 heteroatoms. The second-order valence-electron chi connectivity index (χ2n) is 4.95. The van der Waals surface area contributed by atoms with E-state index < -0.39 is 0 Å². The van der Waals surface area contributed by atoms with Gasteiger partial charge in [0.15, 0.2) is 0 Å². The first-order valence-corrected chi connectivity index (χ1v) is 7.81. The van der Waals surface area contributed by atoms with Gasteiger partial charge in [-0.15, -0.1) is 11.3 Å². The number of nitrogens with one attached hydrogen (secondary N) is 1. The quantitative estimate of drug-likeness (QED) is 0.685. The van der Waals surface area contributed by atoms with Crippen molar-refractivity contribution in [3.63, 3.8) is 0 Å². The van der Waals surface area contributed by atoms with Crippen molar-refractivity contribution >= 4 is 17.0 Å². The molecule has 2 N–H and O–H groups in total. The maximum absolute atomic E-state index is 9.97. The lowest BCUT2D eigenvalue weighted by atomic mass is 10.1. The SMILES string of the molecule is CC(Nc1ccccc1-c1cccs1)c1ccccc1O. The fourth-order valence-corrected chi connectivity index (χ4v) is 3.19. The Balaban J connectivity index is 1.91. The number of hydrogen-bond donors (Lipinski definition) is 2. The molecule has 1 atom stereocenters. The van der Waals surface area contributed by atoms with Crippen LogP contribution in [0, 0.1) is 0 Å². The number of hydrogen-bond acceptors (Lipinski definition) is 3.